The lowest BCUT2D eigenvalue weighted by molar-refractivity contribution is -0.137. The van der Waals surface area contributed by atoms with Crippen molar-refractivity contribution in [3.8, 4) is 6.07 Å². The van der Waals surface area contributed by atoms with Crippen LogP contribution in [0.4, 0.5) is 18.9 Å². The van der Waals surface area contributed by atoms with E-state index in [-0.39, 0.29) is 10.8 Å². The number of hydrazine groups is 1. The van der Waals surface area contributed by atoms with Crippen LogP contribution >= 0.6 is 12.2 Å². The number of thiocarbonyl (C=S) groups is 1. The number of nitrogens with one attached hydrogen (secondary N) is 2. The van der Waals surface area contributed by atoms with Gasteiger partial charge in [-0.3, -0.25) is 0 Å². The fourth-order valence-corrected chi connectivity index (χ4v) is 1.24. The Kier molecular flexibility index (Phi) is 3.88. The van der Waals surface area contributed by atoms with E-state index < -0.39 is 17.3 Å². The monoisotopic (exact) mass is 260 g/mol. The number of hydrogen-bond acceptors (Lipinski definition) is 3. The normalized spacial score (nSPS) is 10.5. The van der Waals surface area contributed by atoms with Crippen molar-refractivity contribution >= 4 is 23.0 Å². The van der Waals surface area contributed by atoms with Gasteiger partial charge in [-0.2, -0.15) is 18.4 Å². The molecular weight excluding hydrogens is 253 g/mol. The van der Waals surface area contributed by atoms with Crippen molar-refractivity contribution in [3.63, 3.8) is 0 Å². The molecule has 0 spiro atoms. The van der Waals surface area contributed by atoms with Crippen LogP contribution in [0.15, 0.2) is 18.2 Å². The molecule has 0 saturated heterocycles. The molecule has 4 nitrogen and oxygen atoms in total. The fraction of sp³-hybridized carbons (Fsp3) is 0.111. The molecule has 8 heteroatoms. The Morgan fingerprint density at radius 3 is 2.53 bits per heavy atom. The smallest absolute Gasteiger partial charge is 0.332 e. The molecule has 0 aliphatic rings. The molecule has 0 radical (unpaired) electrons. The van der Waals surface area contributed by atoms with Crippen molar-refractivity contribution in [2.24, 2.45) is 5.84 Å². The van der Waals surface area contributed by atoms with Crippen LogP contribution in [0.3, 0.4) is 0 Å². The molecule has 0 heterocycles. The van der Waals surface area contributed by atoms with Gasteiger partial charge < -0.3 is 10.7 Å². The van der Waals surface area contributed by atoms with Gasteiger partial charge in [0.2, 0.25) is 0 Å². The maximum absolute atomic E-state index is 12.6. The zero-order valence-electron chi connectivity index (χ0n) is 8.30. The quantitative estimate of drug-likeness (QED) is 0.407. The lowest BCUT2D eigenvalue weighted by atomic mass is 10.1. The zero-order chi connectivity index (χ0) is 13.1. The first-order chi connectivity index (χ1) is 7.88. The molecule has 1 aromatic rings. The number of nitrogens with two attached hydrogens (primary N) is 1. The van der Waals surface area contributed by atoms with E-state index in [0.717, 1.165) is 12.1 Å². The first-order valence-electron chi connectivity index (χ1n) is 4.27. The Morgan fingerprint density at radius 2 is 2.06 bits per heavy atom. The molecule has 0 saturated carbocycles. The molecule has 0 amide bonds. The highest BCUT2D eigenvalue weighted by Gasteiger charge is 2.33. The van der Waals surface area contributed by atoms with Crippen LogP contribution in [0.1, 0.15) is 11.1 Å². The number of anilines is 1. The average molecular weight is 260 g/mol. The molecule has 1 rings (SSSR count). The fourth-order valence-electron chi connectivity index (χ4n) is 1.12. The third kappa shape index (κ3) is 3.30. The third-order valence-electron chi connectivity index (χ3n) is 1.83. The van der Waals surface area contributed by atoms with Crippen molar-refractivity contribution in [1.29, 1.82) is 5.26 Å². The number of hydrogen-bond donors (Lipinski definition) is 3. The Labute approximate surface area is 100 Å². The van der Waals surface area contributed by atoms with Crippen molar-refractivity contribution in [3.05, 3.63) is 29.3 Å². The molecule has 0 fully saturated rings. The Hall–Kier alpha value is -1.85. The van der Waals surface area contributed by atoms with E-state index in [4.69, 9.17) is 11.1 Å². The number of nitrogens with zero attached hydrogens (tertiary/aromatic N) is 1. The molecule has 0 aliphatic carbocycles. The SMILES string of the molecule is N#Cc1ccc(NC(=S)NN)cc1C(F)(F)F. The first-order valence-corrected chi connectivity index (χ1v) is 4.68. The maximum Gasteiger partial charge on any atom is 0.417 e. The molecule has 1 aromatic carbocycles. The van der Waals surface area contributed by atoms with Crippen LogP contribution in [0.25, 0.3) is 0 Å². The molecule has 0 atom stereocenters. The van der Waals surface area contributed by atoms with Crippen LogP contribution in [0.5, 0.6) is 0 Å². The predicted molar refractivity (Wildman–Crippen MR) is 59.7 cm³/mol. The minimum atomic E-state index is -4.60. The highest BCUT2D eigenvalue weighted by Crippen LogP contribution is 2.33. The van der Waals surface area contributed by atoms with Gasteiger partial charge in [0, 0.05) is 5.69 Å². The summed E-state index contributed by atoms with van der Waals surface area (Å²) in [6.45, 7) is 0. The second-order valence-corrected chi connectivity index (χ2v) is 3.38. The summed E-state index contributed by atoms with van der Waals surface area (Å²) in [5, 5.41) is 11.0. The van der Waals surface area contributed by atoms with Crippen LogP contribution in [0, 0.1) is 11.3 Å². The van der Waals surface area contributed by atoms with Gasteiger partial charge in [0.1, 0.15) is 0 Å². The van der Waals surface area contributed by atoms with Gasteiger partial charge in [0.25, 0.3) is 0 Å². The molecule has 0 bridgehead atoms. The highest BCUT2D eigenvalue weighted by molar-refractivity contribution is 7.80. The van der Waals surface area contributed by atoms with Gasteiger partial charge in [0.15, 0.2) is 5.11 Å². The number of alkyl halides is 3. The lowest BCUT2D eigenvalue weighted by Crippen LogP contribution is -2.34. The van der Waals surface area contributed by atoms with Gasteiger partial charge in [-0.1, -0.05) is 0 Å². The predicted octanol–water partition coefficient (Wildman–Crippen LogP) is 1.74. The number of halogens is 3. The van der Waals surface area contributed by atoms with Crippen LogP contribution < -0.4 is 16.6 Å². The van der Waals surface area contributed by atoms with E-state index in [9.17, 15) is 13.2 Å². The molecule has 90 valence electrons. The molecule has 0 aromatic heterocycles. The van der Waals surface area contributed by atoms with Crippen molar-refractivity contribution in [2.45, 2.75) is 6.18 Å². The van der Waals surface area contributed by atoms with Crippen LogP contribution in [-0.2, 0) is 6.18 Å². The number of nitriles is 1. The van der Waals surface area contributed by atoms with Crippen LogP contribution in [-0.4, -0.2) is 5.11 Å². The zero-order valence-corrected chi connectivity index (χ0v) is 9.12. The summed E-state index contributed by atoms with van der Waals surface area (Å²) >= 11 is 4.64. The Bertz CT molecular complexity index is 478. The summed E-state index contributed by atoms with van der Waals surface area (Å²) in [7, 11) is 0. The van der Waals surface area contributed by atoms with Gasteiger partial charge in [-0.25, -0.2) is 5.84 Å². The third-order valence-corrected chi connectivity index (χ3v) is 2.05. The summed E-state index contributed by atoms with van der Waals surface area (Å²) in [6, 6.07) is 4.63. The van der Waals surface area contributed by atoms with Crippen molar-refractivity contribution < 1.29 is 13.2 Å². The van der Waals surface area contributed by atoms with Crippen molar-refractivity contribution in [1.82, 2.24) is 5.43 Å². The topological polar surface area (TPSA) is 73.9 Å². The first kappa shape index (κ1) is 13.2. The van der Waals surface area contributed by atoms with Gasteiger partial charge >= 0.3 is 6.18 Å². The van der Waals surface area contributed by atoms with E-state index in [1.165, 1.54) is 12.1 Å². The Morgan fingerprint density at radius 1 is 1.41 bits per heavy atom. The van der Waals surface area contributed by atoms with E-state index in [0.29, 0.717) is 0 Å². The van der Waals surface area contributed by atoms with E-state index >= 15 is 0 Å². The molecule has 17 heavy (non-hydrogen) atoms. The Balaban J connectivity index is 3.15. The van der Waals surface area contributed by atoms with Gasteiger partial charge in [-0.15, -0.1) is 0 Å². The van der Waals surface area contributed by atoms with E-state index in [1.54, 1.807) is 0 Å². The average Bonchev–Trinajstić information content (AvgIpc) is 2.27. The molecule has 4 N–H and O–H groups in total. The largest absolute Gasteiger partial charge is 0.417 e. The standard InChI is InChI=1S/C9H7F3N4S/c10-9(11,12)7-3-6(15-8(17)16-14)2-1-5(7)4-13/h1-3H,14H2,(H2,15,16,17). The van der Waals surface area contributed by atoms with E-state index in [1.807, 2.05) is 0 Å². The minimum absolute atomic E-state index is 0.0252. The van der Waals surface area contributed by atoms with Crippen LogP contribution in [0.2, 0.25) is 0 Å². The van der Waals surface area contributed by atoms with Crippen molar-refractivity contribution in [2.75, 3.05) is 5.32 Å². The van der Waals surface area contributed by atoms with Gasteiger partial charge in [-0.05, 0) is 30.4 Å². The molecular formula is C9H7F3N4S. The summed E-state index contributed by atoms with van der Waals surface area (Å²) in [5.41, 5.74) is 0.698. The summed E-state index contributed by atoms with van der Waals surface area (Å²) < 4.78 is 37.7. The maximum atomic E-state index is 12.6. The van der Waals surface area contributed by atoms with Gasteiger partial charge in [0.05, 0.1) is 17.2 Å². The number of benzene rings is 1. The lowest BCUT2D eigenvalue weighted by Gasteiger charge is -2.12. The van der Waals surface area contributed by atoms with E-state index in [2.05, 4.69) is 23.0 Å². The minimum Gasteiger partial charge on any atom is -0.332 e. The second-order valence-electron chi connectivity index (χ2n) is 2.97. The summed E-state index contributed by atoms with van der Waals surface area (Å²) in [4.78, 5) is 0. The number of rotatable bonds is 1. The molecule has 0 aliphatic heterocycles. The highest BCUT2D eigenvalue weighted by atomic mass is 32.1. The summed E-state index contributed by atoms with van der Waals surface area (Å²) in [6.07, 6.45) is -4.60. The second kappa shape index (κ2) is 4.99. The summed E-state index contributed by atoms with van der Waals surface area (Å²) in [5.74, 6) is 4.97. The molecule has 0 unspecified atom stereocenters.